The number of ether oxygens (including phenoxy) is 1. The number of nitrogens with one attached hydrogen (secondary N) is 2. The van der Waals surface area contributed by atoms with Crippen LogP contribution in [0.4, 0.5) is 17.2 Å². The summed E-state index contributed by atoms with van der Waals surface area (Å²) in [5, 5.41) is 9.45. The third-order valence-corrected chi connectivity index (χ3v) is 4.27. The lowest BCUT2D eigenvalue weighted by Gasteiger charge is -2.19. The van der Waals surface area contributed by atoms with Gasteiger partial charge in [0.05, 0.1) is 29.6 Å². The number of carbonyl (C=O) groups excluding carboxylic acids is 1. The molecule has 152 valence electrons. The minimum atomic E-state index is 0.237. The van der Waals surface area contributed by atoms with E-state index in [9.17, 15) is 4.79 Å². The lowest BCUT2D eigenvalue weighted by atomic mass is 10.1. The van der Waals surface area contributed by atoms with Crippen LogP contribution in [0.2, 0.25) is 5.15 Å². The summed E-state index contributed by atoms with van der Waals surface area (Å²) in [5.41, 5.74) is 5.22. The molecule has 3 aromatic rings. The van der Waals surface area contributed by atoms with Crippen molar-refractivity contribution in [1.29, 1.82) is 0 Å². The number of nitrogens with zero attached hydrogens (tertiary/aromatic N) is 5. The van der Waals surface area contributed by atoms with Crippen molar-refractivity contribution >= 4 is 35.1 Å². The second kappa shape index (κ2) is 8.46. The maximum absolute atomic E-state index is 11.8. The van der Waals surface area contributed by atoms with Crippen LogP contribution in [-0.2, 0) is 7.05 Å². The van der Waals surface area contributed by atoms with Crippen molar-refractivity contribution in [2.75, 3.05) is 31.9 Å². The van der Waals surface area contributed by atoms with Crippen LogP contribution >= 0.6 is 11.6 Å². The standard InChI is InChI=1S/C19H22ClN7O2/c1-11-21-19(27(4)24-11)12-7-6-8-14(17(12)29-5)22-15-9-16(20)23-18(13(15)10-28)25-26(2)3/h6-10H,1-5H3,(H2,22,23,25). The van der Waals surface area contributed by atoms with Gasteiger partial charge in [0.2, 0.25) is 0 Å². The molecule has 9 nitrogen and oxygen atoms in total. The quantitative estimate of drug-likeness (QED) is 0.344. The molecule has 0 spiro atoms. The summed E-state index contributed by atoms with van der Waals surface area (Å²) < 4.78 is 7.35. The third kappa shape index (κ3) is 4.30. The number of aryl methyl sites for hydroxylation is 2. The average Bonchev–Trinajstić information content (AvgIpc) is 2.99. The van der Waals surface area contributed by atoms with Gasteiger partial charge in [-0.25, -0.2) is 19.7 Å². The van der Waals surface area contributed by atoms with Crippen LogP contribution in [0.5, 0.6) is 5.75 Å². The minimum Gasteiger partial charge on any atom is -0.494 e. The molecule has 0 aliphatic carbocycles. The Labute approximate surface area is 173 Å². The zero-order valence-electron chi connectivity index (χ0n) is 16.8. The predicted octanol–water partition coefficient (Wildman–Crippen LogP) is 3.29. The summed E-state index contributed by atoms with van der Waals surface area (Å²) in [5.74, 6) is 2.24. The molecule has 1 aromatic carbocycles. The van der Waals surface area contributed by atoms with Gasteiger partial charge in [-0.3, -0.25) is 4.79 Å². The molecular weight excluding hydrogens is 394 g/mol. The molecule has 0 amide bonds. The van der Waals surface area contributed by atoms with Gasteiger partial charge < -0.3 is 15.5 Å². The molecule has 0 aliphatic rings. The monoisotopic (exact) mass is 415 g/mol. The van der Waals surface area contributed by atoms with Gasteiger partial charge in [0.1, 0.15) is 11.0 Å². The van der Waals surface area contributed by atoms with Crippen LogP contribution in [0.3, 0.4) is 0 Å². The second-order valence-corrected chi connectivity index (χ2v) is 6.88. The maximum atomic E-state index is 11.8. The summed E-state index contributed by atoms with van der Waals surface area (Å²) in [6.45, 7) is 1.83. The maximum Gasteiger partial charge on any atom is 0.161 e. The van der Waals surface area contributed by atoms with Crippen LogP contribution in [-0.4, -0.2) is 52.2 Å². The van der Waals surface area contributed by atoms with E-state index < -0.39 is 0 Å². The van der Waals surface area contributed by atoms with E-state index in [1.807, 2.05) is 32.2 Å². The normalized spacial score (nSPS) is 10.9. The fourth-order valence-electron chi connectivity index (χ4n) is 2.97. The molecule has 0 atom stereocenters. The Morgan fingerprint density at radius 3 is 2.59 bits per heavy atom. The first-order chi connectivity index (χ1) is 13.8. The van der Waals surface area contributed by atoms with Gasteiger partial charge in [-0.1, -0.05) is 17.7 Å². The number of benzene rings is 1. The molecule has 0 saturated heterocycles. The van der Waals surface area contributed by atoms with E-state index in [0.717, 1.165) is 11.8 Å². The van der Waals surface area contributed by atoms with Gasteiger partial charge in [0.25, 0.3) is 0 Å². The third-order valence-electron chi connectivity index (χ3n) is 4.07. The highest BCUT2D eigenvalue weighted by atomic mass is 35.5. The van der Waals surface area contributed by atoms with Crippen LogP contribution in [0.1, 0.15) is 16.2 Å². The number of para-hydroxylation sites is 1. The van der Waals surface area contributed by atoms with Gasteiger partial charge in [-0.2, -0.15) is 5.10 Å². The largest absolute Gasteiger partial charge is 0.494 e. The highest BCUT2D eigenvalue weighted by molar-refractivity contribution is 6.30. The topological polar surface area (TPSA) is 97.2 Å². The molecule has 2 aromatic heterocycles. The van der Waals surface area contributed by atoms with Crippen molar-refractivity contribution in [3.8, 4) is 17.1 Å². The molecule has 0 aliphatic heterocycles. The molecule has 0 saturated carbocycles. The van der Waals surface area contributed by atoms with Crippen molar-refractivity contribution in [1.82, 2.24) is 24.8 Å². The Morgan fingerprint density at radius 2 is 2.00 bits per heavy atom. The Kier molecular flexibility index (Phi) is 6.00. The number of halogens is 1. The molecule has 29 heavy (non-hydrogen) atoms. The fraction of sp³-hybridized carbons (Fsp3) is 0.263. The minimum absolute atomic E-state index is 0.237. The lowest BCUT2D eigenvalue weighted by Crippen LogP contribution is -2.22. The number of hydrazine groups is 1. The molecule has 10 heteroatoms. The Hall–Kier alpha value is -3.17. The predicted molar refractivity (Wildman–Crippen MR) is 113 cm³/mol. The number of hydrogen-bond donors (Lipinski definition) is 2. The van der Waals surface area contributed by atoms with Crippen LogP contribution in [0, 0.1) is 6.92 Å². The number of pyridine rings is 1. The van der Waals surface area contributed by atoms with E-state index in [-0.39, 0.29) is 5.15 Å². The van der Waals surface area contributed by atoms with E-state index >= 15 is 0 Å². The smallest absolute Gasteiger partial charge is 0.161 e. The summed E-state index contributed by atoms with van der Waals surface area (Å²) in [4.78, 5) is 20.5. The summed E-state index contributed by atoms with van der Waals surface area (Å²) in [6.07, 6.45) is 0.722. The van der Waals surface area contributed by atoms with E-state index in [4.69, 9.17) is 16.3 Å². The molecule has 0 radical (unpaired) electrons. The first-order valence-electron chi connectivity index (χ1n) is 8.75. The van der Waals surface area contributed by atoms with E-state index in [1.54, 1.807) is 37.0 Å². The molecule has 3 rings (SSSR count). The van der Waals surface area contributed by atoms with Crippen molar-refractivity contribution in [3.05, 3.63) is 40.8 Å². The van der Waals surface area contributed by atoms with Crippen LogP contribution in [0.25, 0.3) is 11.4 Å². The van der Waals surface area contributed by atoms with Crippen molar-refractivity contribution < 1.29 is 9.53 Å². The van der Waals surface area contributed by atoms with Gasteiger partial charge in [-0.05, 0) is 25.1 Å². The van der Waals surface area contributed by atoms with Crippen molar-refractivity contribution in [2.45, 2.75) is 6.92 Å². The highest BCUT2D eigenvalue weighted by Gasteiger charge is 2.18. The zero-order valence-corrected chi connectivity index (χ0v) is 17.6. The molecule has 0 unspecified atom stereocenters. The first-order valence-corrected chi connectivity index (χ1v) is 9.13. The highest BCUT2D eigenvalue weighted by Crippen LogP contribution is 2.38. The summed E-state index contributed by atoms with van der Waals surface area (Å²) in [7, 11) is 6.98. The second-order valence-electron chi connectivity index (χ2n) is 6.50. The average molecular weight is 416 g/mol. The number of aromatic nitrogens is 4. The first kappa shape index (κ1) is 20.6. The van der Waals surface area contributed by atoms with Gasteiger partial charge in [-0.15, -0.1) is 0 Å². The molecule has 0 bridgehead atoms. The van der Waals surface area contributed by atoms with E-state index in [1.165, 1.54) is 0 Å². The van der Waals surface area contributed by atoms with Gasteiger partial charge in [0.15, 0.2) is 23.7 Å². The van der Waals surface area contributed by atoms with Gasteiger partial charge in [0, 0.05) is 21.1 Å². The summed E-state index contributed by atoms with van der Waals surface area (Å²) >= 11 is 6.17. The van der Waals surface area contributed by atoms with Crippen molar-refractivity contribution in [2.24, 2.45) is 7.05 Å². The number of anilines is 3. The Balaban J connectivity index is 2.10. The van der Waals surface area contributed by atoms with E-state index in [2.05, 4.69) is 25.8 Å². The van der Waals surface area contributed by atoms with Crippen LogP contribution < -0.4 is 15.5 Å². The number of methoxy groups -OCH3 is 1. The number of aldehydes is 1. The summed E-state index contributed by atoms with van der Waals surface area (Å²) in [6, 6.07) is 7.19. The number of hydrogen-bond acceptors (Lipinski definition) is 8. The SMILES string of the molecule is COc1c(Nc2cc(Cl)nc(NN(C)C)c2C=O)cccc1-c1nc(C)nn1C. The van der Waals surface area contributed by atoms with E-state index in [0.29, 0.717) is 40.2 Å². The zero-order chi connectivity index (χ0) is 21.1. The Morgan fingerprint density at radius 1 is 1.24 bits per heavy atom. The lowest BCUT2D eigenvalue weighted by molar-refractivity contribution is 0.112. The number of carbonyl (C=O) groups is 1. The fourth-order valence-corrected chi connectivity index (χ4v) is 3.16. The Bertz CT molecular complexity index is 1050. The molecule has 2 N–H and O–H groups in total. The molecule has 2 heterocycles. The molecular formula is C19H22ClN7O2. The van der Waals surface area contributed by atoms with Crippen molar-refractivity contribution in [3.63, 3.8) is 0 Å². The van der Waals surface area contributed by atoms with Gasteiger partial charge >= 0.3 is 0 Å². The van der Waals surface area contributed by atoms with Crippen LogP contribution in [0.15, 0.2) is 24.3 Å². The number of rotatable bonds is 7. The molecule has 0 fully saturated rings.